The number of nitrogens with one attached hydrogen (secondary N) is 2. The quantitative estimate of drug-likeness (QED) is 0.464. The molecule has 118 valence electrons. The van der Waals surface area contributed by atoms with Gasteiger partial charge in [0.15, 0.2) is 5.16 Å². The lowest BCUT2D eigenvalue weighted by Gasteiger charge is -2.26. The minimum atomic E-state index is -0.828. The van der Waals surface area contributed by atoms with Crippen LogP contribution >= 0.6 is 11.8 Å². The molecule has 0 amide bonds. The molecule has 0 saturated heterocycles. The van der Waals surface area contributed by atoms with Crippen LogP contribution in [0.3, 0.4) is 0 Å². The number of unbranched alkanes of at least 4 members (excludes halogenated alkanes) is 1. The van der Waals surface area contributed by atoms with Gasteiger partial charge >= 0.3 is 11.7 Å². The minimum absolute atomic E-state index is 0.218. The summed E-state index contributed by atoms with van der Waals surface area (Å²) < 4.78 is 1.47. The van der Waals surface area contributed by atoms with Crippen molar-refractivity contribution in [1.29, 1.82) is 0 Å². The molecule has 1 aromatic heterocycles. The topological polar surface area (TPSA) is 100 Å². The summed E-state index contributed by atoms with van der Waals surface area (Å²) in [5.74, 6) is 0.0359. The largest absolute Gasteiger partial charge is 0.480 e. The fraction of sp³-hybridized carbons (Fsp3) is 0.769. The molecule has 21 heavy (non-hydrogen) atoms. The third-order valence-corrected chi connectivity index (χ3v) is 4.83. The molecule has 0 aliphatic heterocycles. The molecule has 0 aromatic carbocycles. The third-order valence-electron chi connectivity index (χ3n) is 3.71. The van der Waals surface area contributed by atoms with Gasteiger partial charge in [-0.05, 0) is 32.6 Å². The van der Waals surface area contributed by atoms with Crippen molar-refractivity contribution in [2.45, 2.75) is 55.8 Å². The zero-order valence-corrected chi connectivity index (χ0v) is 13.2. The summed E-state index contributed by atoms with van der Waals surface area (Å²) in [5.41, 5.74) is -1.05. The van der Waals surface area contributed by atoms with Gasteiger partial charge in [-0.25, -0.2) is 9.89 Å². The highest BCUT2D eigenvalue weighted by atomic mass is 32.2. The zero-order valence-electron chi connectivity index (χ0n) is 12.4. The molecule has 3 N–H and O–H groups in total. The van der Waals surface area contributed by atoms with Gasteiger partial charge < -0.3 is 5.11 Å². The minimum Gasteiger partial charge on any atom is -0.480 e. The van der Waals surface area contributed by atoms with Crippen LogP contribution in [0.15, 0.2) is 9.95 Å². The number of H-pyrrole nitrogens is 1. The Kier molecular flexibility index (Phi) is 5.10. The first-order valence-corrected chi connectivity index (χ1v) is 8.16. The van der Waals surface area contributed by atoms with Crippen molar-refractivity contribution in [3.63, 3.8) is 0 Å². The van der Waals surface area contributed by atoms with E-state index in [1.807, 2.05) is 0 Å². The van der Waals surface area contributed by atoms with Gasteiger partial charge in [-0.15, -0.1) is 5.10 Å². The zero-order chi connectivity index (χ0) is 15.5. The summed E-state index contributed by atoms with van der Waals surface area (Å²) in [5, 5.41) is 19.6. The summed E-state index contributed by atoms with van der Waals surface area (Å²) in [6.45, 7) is 1.76. The van der Waals surface area contributed by atoms with E-state index in [1.165, 1.54) is 16.3 Å². The molecule has 1 aliphatic rings. The summed E-state index contributed by atoms with van der Waals surface area (Å²) >= 11 is 1.51. The number of hydrogen-bond donors (Lipinski definition) is 3. The van der Waals surface area contributed by atoms with Crippen LogP contribution in [-0.4, -0.2) is 43.2 Å². The second kappa shape index (κ2) is 6.65. The summed E-state index contributed by atoms with van der Waals surface area (Å²) in [7, 11) is 1.68. The summed E-state index contributed by atoms with van der Waals surface area (Å²) in [6, 6.07) is 0.374. The van der Waals surface area contributed by atoms with Crippen LogP contribution < -0.4 is 11.0 Å². The normalized spacial score (nSPS) is 17.6. The molecular formula is C13H22N4O3S. The first-order chi connectivity index (χ1) is 9.92. The van der Waals surface area contributed by atoms with Gasteiger partial charge in [-0.3, -0.25) is 14.7 Å². The molecule has 8 heteroatoms. The highest BCUT2D eigenvalue weighted by molar-refractivity contribution is 7.99. The number of aliphatic carboxylic acids is 1. The number of carboxylic acid groups (broad SMARTS) is 1. The van der Waals surface area contributed by atoms with Crippen molar-refractivity contribution in [3.8, 4) is 0 Å². The Hall–Kier alpha value is -1.28. The van der Waals surface area contributed by atoms with Crippen molar-refractivity contribution in [3.05, 3.63) is 10.5 Å². The maximum absolute atomic E-state index is 11.4. The van der Waals surface area contributed by atoms with Gasteiger partial charge in [0, 0.05) is 18.8 Å². The van der Waals surface area contributed by atoms with Crippen molar-refractivity contribution in [2.75, 3.05) is 5.75 Å². The van der Waals surface area contributed by atoms with Crippen molar-refractivity contribution in [2.24, 2.45) is 7.05 Å². The van der Waals surface area contributed by atoms with Crippen LogP contribution in [0.1, 0.15) is 39.0 Å². The van der Waals surface area contributed by atoms with Crippen molar-refractivity contribution in [1.82, 2.24) is 20.1 Å². The van der Waals surface area contributed by atoms with E-state index in [2.05, 4.69) is 15.5 Å². The molecule has 1 saturated carbocycles. The van der Waals surface area contributed by atoms with Crippen molar-refractivity contribution < 1.29 is 9.90 Å². The van der Waals surface area contributed by atoms with E-state index in [-0.39, 0.29) is 5.69 Å². The first-order valence-electron chi connectivity index (χ1n) is 7.18. The van der Waals surface area contributed by atoms with E-state index >= 15 is 0 Å². The third kappa shape index (κ3) is 4.34. The first kappa shape index (κ1) is 16.1. The molecule has 1 fully saturated rings. The number of carbonyl (C=O) groups is 1. The van der Waals surface area contributed by atoms with E-state index in [1.54, 1.807) is 14.0 Å². The number of aromatic amines is 1. The second-order valence-corrected chi connectivity index (χ2v) is 6.79. The van der Waals surface area contributed by atoms with Gasteiger partial charge in [0.25, 0.3) is 0 Å². The monoisotopic (exact) mass is 314 g/mol. The Morgan fingerprint density at radius 2 is 2.29 bits per heavy atom. The van der Waals surface area contributed by atoms with Gasteiger partial charge in [-0.2, -0.15) is 0 Å². The molecule has 2 rings (SSSR count). The summed E-state index contributed by atoms with van der Waals surface area (Å²) in [4.78, 5) is 22.6. The van der Waals surface area contributed by atoms with Crippen LogP contribution in [-0.2, 0) is 11.8 Å². The van der Waals surface area contributed by atoms with Crippen molar-refractivity contribution >= 4 is 17.7 Å². The Labute approximate surface area is 127 Å². The molecule has 1 atom stereocenters. The maximum Gasteiger partial charge on any atom is 0.343 e. The predicted molar refractivity (Wildman–Crippen MR) is 80.6 cm³/mol. The number of hydrogen-bond acceptors (Lipinski definition) is 5. The number of thioether (sulfide) groups is 1. The van der Waals surface area contributed by atoms with Crippen LogP contribution in [0.25, 0.3) is 0 Å². The highest BCUT2D eigenvalue weighted by Crippen LogP contribution is 2.26. The SMILES string of the molecule is Cn1c(SCCCCC(C)(NC2CC2)C(=O)O)n[nH]c1=O. The molecule has 7 nitrogen and oxygen atoms in total. The van der Waals surface area contributed by atoms with Gasteiger partial charge in [0.2, 0.25) is 0 Å². The van der Waals surface area contributed by atoms with Gasteiger partial charge in [0.05, 0.1) is 0 Å². The molecule has 1 unspecified atom stereocenters. The standard InChI is InChI=1S/C13H22N4O3S/c1-13(10(18)19,14-9-5-6-9)7-3-4-8-21-12-16-15-11(20)17(12)2/h9,14H,3-8H2,1-2H3,(H,15,20)(H,18,19). The average molecular weight is 314 g/mol. The number of carboxylic acids is 1. The molecule has 0 spiro atoms. The number of nitrogens with zero attached hydrogens (tertiary/aromatic N) is 2. The van der Waals surface area contributed by atoms with Gasteiger partial charge in [0.1, 0.15) is 5.54 Å². The lowest BCUT2D eigenvalue weighted by atomic mass is 9.95. The lowest BCUT2D eigenvalue weighted by Crippen LogP contribution is -2.50. The van der Waals surface area contributed by atoms with E-state index < -0.39 is 11.5 Å². The fourth-order valence-electron chi connectivity index (χ4n) is 2.12. The smallest absolute Gasteiger partial charge is 0.343 e. The Bertz CT molecular complexity index is 552. The van der Waals surface area contributed by atoms with Gasteiger partial charge in [-0.1, -0.05) is 18.2 Å². The molecule has 1 heterocycles. The van der Waals surface area contributed by atoms with Crippen LogP contribution in [0.5, 0.6) is 0 Å². The van der Waals surface area contributed by atoms with E-state index in [0.717, 1.165) is 31.4 Å². The second-order valence-electron chi connectivity index (χ2n) is 5.73. The maximum atomic E-state index is 11.4. The lowest BCUT2D eigenvalue weighted by molar-refractivity contribution is -0.144. The Balaban J connectivity index is 1.71. The van der Waals surface area contributed by atoms with Crippen LogP contribution in [0.2, 0.25) is 0 Å². The predicted octanol–water partition coefficient (Wildman–Crippen LogP) is 0.966. The molecule has 1 aliphatic carbocycles. The van der Waals surface area contributed by atoms with Crippen LogP contribution in [0, 0.1) is 0 Å². The average Bonchev–Trinajstić information content (AvgIpc) is 3.18. The van der Waals surface area contributed by atoms with E-state index in [4.69, 9.17) is 0 Å². The van der Waals surface area contributed by atoms with E-state index in [0.29, 0.717) is 17.6 Å². The summed E-state index contributed by atoms with van der Waals surface area (Å²) in [6.07, 6.45) is 4.48. The Morgan fingerprint density at radius 3 is 2.81 bits per heavy atom. The fourth-order valence-corrected chi connectivity index (χ4v) is 3.04. The molecular weight excluding hydrogens is 292 g/mol. The Morgan fingerprint density at radius 1 is 1.57 bits per heavy atom. The highest BCUT2D eigenvalue weighted by Gasteiger charge is 2.37. The number of aromatic nitrogens is 3. The number of rotatable bonds is 9. The van der Waals surface area contributed by atoms with Crippen LogP contribution in [0.4, 0.5) is 0 Å². The molecule has 0 bridgehead atoms. The molecule has 1 aromatic rings. The molecule has 0 radical (unpaired) electrons. The van der Waals surface area contributed by atoms with E-state index in [9.17, 15) is 14.7 Å².